The minimum absolute atomic E-state index is 0.0254. The minimum atomic E-state index is -0.480. The van der Waals surface area contributed by atoms with Crippen LogP contribution in [0.2, 0.25) is 0 Å². The maximum Gasteiger partial charge on any atom is 0.268 e. The highest BCUT2D eigenvalue weighted by Crippen LogP contribution is 2.26. The number of thiazole rings is 1. The molecule has 0 aliphatic carbocycles. The molecular weight excluding hydrogens is 346 g/mol. The van der Waals surface area contributed by atoms with E-state index >= 15 is 0 Å². The molecule has 0 radical (unpaired) electrons. The standard InChI is InChI=1S/C20H15N3O2S/c1-25-17-9-7-15(8-10-17)18-13-26-20(22-18)23-19(24)16(12-21)11-14-5-3-2-4-6-14/h2-11,13H,1H3,(H,22,23,24). The lowest BCUT2D eigenvalue weighted by atomic mass is 10.1. The van der Waals surface area contributed by atoms with Crippen LogP contribution in [0.5, 0.6) is 5.75 Å². The molecule has 26 heavy (non-hydrogen) atoms. The minimum Gasteiger partial charge on any atom is -0.497 e. The second kappa shape index (κ2) is 8.10. The molecule has 0 aliphatic heterocycles. The summed E-state index contributed by atoms with van der Waals surface area (Å²) in [5.74, 6) is 0.286. The number of hydrogen-bond donors (Lipinski definition) is 1. The number of amides is 1. The van der Waals surface area contributed by atoms with Crippen LogP contribution in [0.1, 0.15) is 5.56 Å². The monoisotopic (exact) mass is 361 g/mol. The smallest absolute Gasteiger partial charge is 0.268 e. The van der Waals surface area contributed by atoms with Crippen molar-refractivity contribution in [2.75, 3.05) is 12.4 Å². The zero-order chi connectivity index (χ0) is 18.4. The van der Waals surface area contributed by atoms with Gasteiger partial charge in [0.1, 0.15) is 17.4 Å². The molecule has 2 aromatic carbocycles. The average molecular weight is 361 g/mol. The molecule has 5 nitrogen and oxygen atoms in total. The van der Waals surface area contributed by atoms with Gasteiger partial charge < -0.3 is 4.74 Å². The predicted octanol–water partition coefficient (Wildman–Crippen LogP) is 4.36. The molecule has 0 fully saturated rings. The van der Waals surface area contributed by atoms with Crippen molar-refractivity contribution < 1.29 is 9.53 Å². The Morgan fingerprint density at radius 1 is 1.19 bits per heavy atom. The van der Waals surface area contributed by atoms with Gasteiger partial charge in [0.25, 0.3) is 5.91 Å². The van der Waals surface area contributed by atoms with Crippen LogP contribution in [0.25, 0.3) is 17.3 Å². The summed E-state index contributed by atoms with van der Waals surface area (Å²) in [5.41, 5.74) is 2.48. The van der Waals surface area contributed by atoms with Gasteiger partial charge in [0.05, 0.1) is 12.8 Å². The van der Waals surface area contributed by atoms with Gasteiger partial charge in [0.2, 0.25) is 0 Å². The fourth-order valence-electron chi connectivity index (χ4n) is 2.25. The van der Waals surface area contributed by atoms with Crippen molar-refractivity contribution in [3.05, 3.63) is 71.1 Å². The highest BCUT2D eigenvalue weighted by molar-refractivity contribution is 7.14. The molecule has 3 aromatic rings. The summed E-state index contributed by atoms with van der Waals surface area (Å²) in [5, 5.41) is 14.2. The third-order valence-electron chi connectivity index (χ3n) is 3.59. The lowest BCUT2D eigenvalue weighted by Gasteiger charge is -2.01. The third-order valence-corrected chi connectivity index (χ3v) is 4.34. The quantitative estimate of drug-likeness (QED) is 0.541. The van der Waals surface area contributed by atoms with Gasteiger partial charge in [-0.2, -0.15) is 5.26 Å². The van der Waals surface area contributed by atoms with Crippen molar-refractivity contribution in [1.82, 2.24) is 4.98 Å². The van der Waals surface area contributed by atoms with E-state index in [0.717, 1.165) is 22.6 Å². The normalized spacial score (nSPS) is 10.8. The zero-order valence-corrected chi connectivity index (χ0v) is 14.8. The van der Waals surface area contributed by atoms with E-state index in [4.69, 9.17) is 4.74 Å². The largest absolute Gasteiger partial charge is 0.497 e. The van der Waals surface area contributed by atoms with Crippen LogP contribution in [0, 0.1) is 11.3 Å². The number of aromatic nitrogens is 1. The van der Waals surface area contributed by atoms with Crippen molar-refractivity contribution in [1.29, 1.82) is 5.26 Å². The Morgan fingerprint density at radius 3 is 2.58 bits per heavy atom. The van der Waals surface area contributed by atoms with Gasteiger partial charge >= 0.3 is 0 Å². The molecule has 128 valence electrons. The van der Waals surface area contributed by atoms with E-state index in [1.165, 1.54) is 11.3 Å². The maximum absolute atomic E-state index is 12.3. The Balaban J connectivity index is 1.74. The number of carbonyl (C=O) groups excluding carboxylic acids is 1. The fourth-order valence-corrected chi connectivity index (χ4v) is 2.97. The van der Waals surface area contributed by atoms with E-state index in [9.17, 15) is 10.1 Å². The van der Waals surface area contributed by atoms with Crippen LogP contribution in [-0.4, -0.2) is 18.0 Å². The number of nitrogens with zero attached hydrogens (tertiary/aromatic N) is 2. The molecule has 1 amide bonds. The fraction of sp³-hybridized carbons (Fsp3) is 0.0500. The van der Waals surface area contributed by atoms with E-state index in [-0.39, 0.29) is 5.57 Å². The summed E-state index contributed by atoms with van der Waals surface area (Å²) in [6.45, 7) is 0. The Kier molecular flexibility index (Phi) is 5.42. The van der Waals surface area contributed by atoms with Crippen LogP contribution in [0.15, 0.2) is 65.6 Å². The molecule has 3 rings (SSSR count). The molecule has 6 heteroatoms. The third kappa shape index (κ3) is 4.15. The number of nitrogens with one attached hydrogen (secondary N) is 1. The lowest BCUT2D eigenvalue weighted by molar-refractivity contribution is -0.112. The van der Waals surface area contributed by atoms with Crippen LogP contribution in [0.4, 0.5) is 5.13 Å². The second-order valence-corrected chi connectivity index (χ2v) is 6.16. The van der Waals surface area contributed by atoms with Gasteiger partial charge in [-0.25, -0.2) is 4.98 Å². The van der Waals surface area contributed by atoms with Crippen molar-refractivity contribution in [2.24, 2.45) is 0 Å². The number of methoxy groups -OCH3 is 1. The predicted molar refractivity (Wildman–Crippen MR) is 103 cm³/mol. The van der Waals surface area contributed by atoms with Crippen LogP contribution in [0.3, 0.4) is 0 Å². The van der Waals surface area contributed by atoms with Gasteiger partial charge in [0, 0.05) is 10.9 Å². The Labute approximate surface area is 155 Å². The van der Waals surface area contributed by atoms with E-state index < -0.39 is 5.91 Å². The molecule has 1 N–H and O–H groups in total. The van der Waals surface area contributed by atoms with Gasteiger partial charge in [-0.05, 0) is 35.9 Å². The van der Waals surface area contributed by atoms with Gasteiger partial charge in [-0.1, -0.05) is 30.3 Å². The summed E-state index contributed by atoms with van der Waals surface area (Å²) in [7, 11) is 1.61. The highest BCUT2D eigenvalue weighted by atomic mass is 32.1. The molecule has 0 bridgehead atoms. The first-order valence-electron chi connectivity index (χ1n) is 7.78. The molecule has 0 aliphatic rings. The molecule has 0 spiro atoms. The maximum atomic E-state index is 12.3. The Hall–Kier alpha value is -3.43. The first kappa shape index (κ1) is 17.4. The summed E-state index contributed by atoms with van der Waals surface area (Å²) in [4.78, 5) is 16.7. The number of nitriles is 1. The molecule has 1 heterocycles. The Morgan fingerprint density at radius 2 is 1.92 bits per heavy atom. The zero-order valence-electron chi connectivity index (χ0n) is 14.0. The highest BCUT2D eigenvalue weighted by Gasteiger charge is 2.12. The second-order valence-electron chi connectivity index (χ2n) is 5.30. The van der Waals surface area contributed by atoms with Crippen molar-refractivity contribution in [3.63, 3.8) is 0 Å². The number of carbonyl (C=O) groups is 1. The first-order chi connectivity index (χ1) is 12.7. The summed E-state index contributed by atoms with van der Waals surface area (Å²) >= 11 is 1.31. The first-order valence-corrected chi connectivity index (χ1v) is 8.65. The van der Waals surface area contributed by atoms with Crippen LogP contribution >= 0.6 is 11.3 Å². The topological polar surface area (TPSA) is 75.0 Å². The number of ether oxygens (including phenoxy) is 1. The van der Waals surface area contributed by atoms with Crippen molar-refractivity contribution in [3.8, 4) is 23.1 Å². The van der Waals surface area contributed by atoms with Gasteiger partial charge in [0.15, 0.2) is 5.13 Å². The molecule has 0 unspecified atom stereocenters. The van der Waals surface area contributed by atoms with E-state index in [1.807, 2.05) is 66.0 Å². The number of benzene rings is 2. The summed E-state index contributed by atoms with van der Waals surface area (Å²) < 4.78 is 5.14. The lowest BCUT2D eigenvalue weighted by Crippen LogP contribution is -2.13. The van der Waals surface area contributed by atoms with Gasteiger partial charge in [-0.15, -0.1) is 11.3 Å². The number of anilines is 1. The van der Waals surface area contributed by atoms with Crippen LogP contribution < -0.4 is 10.1 Å². The van der Waals surface area contributed by atoms with E-state index in [1.54, 1.807) is 13.2 Å². The molecule has 0 saturated heterocycles. The van der Waals surface area contributed by atoms with Gasteiger partial charge in [-0.3, -0.25) is 10.1 Å². The average Bonchev–Trinajstić information content (AvgIpc) is 3.15. The van der Waals surface area contributed by atoms with E-state index in [0.29, 0.717) is 5.13 Å². The number of hydrogen-bond acceptors (Lipinski definition) is 5. The number of rotatable bonds is 5. The Bertz CT molecular complexity index is 970. The van der Waals surface area contributed by atoms with Crippen molar-refractivity contribution >= 4 is 28.5 Å². The SMILES string of the molecule is COc1ccc(-c2csc(NC(=O)C(C#N)=Cc3ccccc3)n2)cc1. The van der Waals surface area contributed by atoms with E-state index in [2.05, 4.69) is 10.3 Å². The molecule has 0 atom stereocenters. The summed E-state index contributed by atoms with van der Waals surface area (Å²) in [6.07, 6.45) is 1.55. The van der Waals surface area contributed by atoms with Crippen molar-refractivity contribution in [2.45, 2.75) is 0 Å². The summed E-state index contributed by atoms with van der Waals surface area (Å²) in [6, 6.07) is 18.7. The molecule has 1 aromatic heterocycles. The molecular formula is C20H15N3O2S. The van der Waals surface area contributed by atoms with Crippen LogP contribution in [-0.2, 0) is 4.79 Å². The molecule has 0 saturated carbocycles.